The molecule has 8 heteroatoms. The molecule has 0 aliphatic carbocycles. The number of piperidine rings is 1. The maximum absolute atomic E-state index is 13.1. The number of rotatable bonds is 5. The van der Waals surface area contributed by atoms with Gasteiger partial charge in [0, 0.05) is 43.2 Å². The van der Waals surface area contributed by atoms with Crippen LogP contribution < -0.4 is 5.32 Å². The van der Waals surface area contributed by atoms with Gasteiger partial charge in [-0.05, 0) is 48.9 Å². The Morgan fingerprint density at radius 3 is 2.14 bits per heavy atom. The van der Waals surface area contributed by atoms with Crippen molar-refractivity contribution in [1.29, 1.82) is 0 Å². The molecule has 3 amide bonds. The Morgan fingerprint density at radius 2 is 1.51 bits per heavy atom. The van der Waals surface area contributed by atoms with Gasteiger partial charge in [-0.15, -0.1) is 0 Å². The van der Waals surface area contributed by atoms with Gasteiger partial charge in [-0.1, -0.05) is 42.3 Å². The van der Waals surface area contributed by atoms with Gasteiger partial charge in [0.25, 0.3) is 11.8 Å². The fourth-order valence-electron chi connectivity index (χ4n) is 4.94. The molecule has 8 nitrogen and oxygen atoms in total. The van der Waals surface area contributed by atoms with Gasteiger partial charge >= 0.3 is 5.97 Å². The summed E-state index contributed by atoms with van der Waals surface area (Å²) in [6, 6.07) is 16.9. The standard InChI is InChI=1S/C29H31N3O5/c1-37-28(36)24(30-27(35)23-10-6-3-7-11-23)20-26(34)32-19-16-29(21-32)14-17-31(18-15-29)25(33)13-12-22-8-4-2-5-9-22/h2-11,24H,14-21H2,1H3,(H,30,35). The van der Waals surface area contributed by atoms with Crippen molar-refractivity contribution < 1.29 is 23.9 Å². The molecular formula is C29H31N3O5. The van der Waals surface area contributed by atoms with Crippen LogP contribution in [-0.2, 0) is 19.1 Å². The number of hydrogen-bond acceptors (Lipinski definition) is 5. The Morgan fingerprint density at radius 1 is 0.919 bits per heavy atom. The highest BCUT2D eigenvalue weighted by molar-refractivity contribution is 5.98. The summed E-state index contributed by atoms with van der Waals surface area (Å²) < 4.78 is 4.83. The third-order valence-corrected chi connectivity index (χ3v) is 7.20. The number of nitrogens with one attached hydrogen (secondary N) is 1. The fourth-order valence-corrected chi connectivity index (χ4v) is 4.94. The van der Waals surface area contributed by atoms with Gasteiger partial charge in [-0.25, -0.2) is 4.79 Å². The number of carbonyl (C=O) groups is 4. The summed E-state index contributed by atoms with van der Waals surface area (Å²) in [5.41, 5.74) is 1.16. The van der Waals surface area contributed by atoms with E-state index in [1.165, 1.54) is 7.11 Å². The second-order valence-corrected chi connectivity index (χ2v) is 9.59. The van der Waals surface area contributed by atoms with Gasteiger partial charge in [0.05, 0.1) is 13.5 Å². The minimum atomic E-state index is -1.07. The Labute approximate surface area is 217 Å². The Kier molecular flexibility index (Phi) is 8.24. The summed E-state index contributed by atoms with van der Waals surface area (Å²) in [4.78, 5) is 54.1. The number of methoxy groups -OCH3 is 1. The van der Waals surface area contributed by atoms with Crippen molar-refractivity contribution in [3.8, 4) is 11.8 Å². The smallest absolute Gasteiger partial charge is 0.328 e. The molecule has 192 valence electrons. The molecule has 2 aromatic rings. The van der Waals surface area contributed by atoms with E-state index in [2.05, 4.69) is 17.2 Å². The molecule has 0 saturated carbocycles. The van der Waals surface area contributed by atoms with E-state index in [0.29, 0.717) is 31.7 Å². The number of amides is 3. The Balaban J connectivity index is 1.30. The van der Waals surface area contributed by atoms with Gasteiger partial charge in [0.15, 0.2) is 0 Å². The molecule has 4 rings (SSSR count). The fraction of sp³-hybridized carbons (Fsp3) is 0.379. The zero-order valence-corrected chi connectivity index (χ0v) is 20.9. The number of benzene rings is 2. The molecule has 2 aliphatic rings. The van der Waals surface area contributed by atoms with Gasteiger partial charge in [-0.3, -0.25) is 14.4 Å². The van der Waals surface area contributed by atoms with Crippen LogP contribution in [0, 0.1) is 17.3 Å². The lowest BCUT2D eigenvalue weighted by Gasteiger charge is -2.38. The van der Waals surface area contributed by atoms with Crippen LogP contribution in [0.15, 0.2) is 60.7 Å². The minimum absolute atomic E-state index is 0.0483. The first-order valence-corrected chi connectivity index (χ1v) is 12.5. The minimum Gasteiger partial charge on any atom is -0.467 e. The van der Waals surface area contributed by atoms with E-state index >= 15 is 0 Å². The molecule has 1 atom stereocenters. The number of esters is 1. The zero-order chi connectivity index (χ0) is 26.3. The highest BCUT2D eigenvalue weighted by Crippen LogP contribution is 2.40. The second kappa shape index (κ2) is 11.7. The van der Waals surface area contributed by atoms with E-state index in [9.17, 15) is 19.2 Å². The highest BCUT2D eigenvalue weighted by Gasteiger charge is 2.43. The maximum atomic E-state index is 13.1. The number of ether oxygens (including phenoxy) is 1. The van der Waals surface area contributed by atoms with Crippen LogP contribution in [0.4, 0.5) is 0 Å². The number of carbonyl (C=O) groups excluding carboxylic acids is 4. The summed E-state index contributed by atoms with van der Waals surface area (Å²) in [6.45, 7) is 2.36. The van der Waals surface area contributed by atoms with Crippen molar-refractivity contribution in [2.75, 3.05) is 33.3 Å². The molecule has 1 spiro atoms. The summed E-state index contributed by atoms with van der Waals surface area (Å²) in [5.74, 6) is 4.18. The second-order valence-electron chi connectivity index (χ2n) is 9.59. The predicted octanol–water partition coefficient (Wildman–Crippen LogP) is 2.24. The molecule has 2 saturated heterocycles. The molecule has 0 aromatic heterocycles. The molecule has 1 N–H and O–H groups in total. The van der Waals surface area contributed by atoms with Crippen LogP contribution >= 0.6 is 0 Å². The van der Waals surface area contributed by atoms with Gasteiger partial charge in [0.2, 0.25) is 5.91 Å². The van der Waals surface area contributed by atoms with E-state index in [1.54, 1.807) is 40.1 Å². The van der Waals surface area contributed by atoms with Gasteiger partial charge < -0.3 is 19.9 Å². The average Bonchev–Trinajstić information content (AvgIpc) is 3.35. The van der Waals surface area contributed by atoms with E-state index in [1.807, 2.05) is 30.3 Å². The van der Waals surface area contributed by atoms with E-state index in [4.69, 9.17) is 4.74 Å². The third kappa shape index (κ3) is 6.56. The first-order chi connectivity index (χ1) is 17.9. The molecule has 0 radical (unpaired) electrons. The van der Waals surface area contributed by atoms with Crippen LogP contribution in [0.5, 0.6) is 0 Å². The van der Waals surface area contributed by atoms with Crippen LogP contribution in [0.1, 0.15) is 41.6 Å². The molecule has 2 aliphatic heterocycles. The molecule has 2 fully saturated rings. The Bertz CT molecular complexity index is 1190. The number of nitrogens with zero attached hydrogens (tertiary/aromatic N) is 2. The lowest BCUT2D eigenvalue weighted by atomic mass is 9.78. The third-order valence-electron chi connectivity index (χ3n) is 7.20. The SMILES string of the molecule is COC(=O)C(CC(=O)N1CCC2(CCN(C(=O)C#Cc3ccccc3)CC2)C1)NC(=O)c1ccccc1. The highest BCUT2D eigenvalue weighted by atomic mass is 16.5. The molecule has 37 heavy (non-hydrogen) atoms. The summed E-state index contributed by atoms with van der Waals surface area (Å²) in [6.07, 6.45) is 2.26. The van der Waals surface area contributed by atoms with E-state index in [0.717, 1.165) is 24.8 Å². The summed E-state index contributed by atoms with van der Waals surface area (Å²) >= 11 is 0. The van der Waals surface area contributed by atoms with Crippen molar-refractivity contribution in [2.24, 2.45) is 5.41 Å². The molecule has 0 bridgehead atoms. The first kappa shape index (κ1) is 26.0. The van der Waals surface area contributed by atoms with Gasteiger partial charge in [-0.2, -0.15) is 0 Å². The maximum Gasteiger partial charge on any atom is 0.328 e. The van der Waals surface area contributed by atoms with Crippen molar-refractivity contribution >= 4 is 23.7 Å². The van der Waals surface area contributed by atoms with Gasteiger partial charge in [0.1, 0.15) is 6.04 Å². The lowest BCUT2D eigenvalue weighted by molar-refractivity contribution is -0.146. The number of hydrogen-bond donors (Lipinski definition) is 1. The summed E-state index contributed by atoms with van der Waals surface area (Å²) in [5, 5.41) is 2.63. The molecule has 2 aromatic carbocycles. The molecular weight excluding hydrogens is 470 g/mol. The van der Waals surface area contributed by atoms with E-state index in [-0.39, 0.29) is 23.7 Å². The van der Waals surface area contributed by atoms with E-state index < -0.39 is 17.9 Å². The number of likely N-dealkylation sites (tertiary alicyclic amines) is 2. The first-order valence-electron chi connectivity index (χ1n) is 12.5. The molecule has 2 heterocycles. The van der Waals surface area contributed by atoms with Crippen LogP contribution in [0.3, 0.4) is 0 Å². The van der Waals surface area contributed by atoms with Crippen LogP contribution in [-0.4, -0.2) is 72.8 Å². The van der Waals surface area contributed by atoms with Crippen molar-refractivity contribution in [3.63, 3.8) is 0 Å². The van der Waals surface area contributed by atoms with Crippen molar-refractivity contribution in [1.82, 2.24) is 15.1 Å². The molecule has 1 unspecified atom stereocenters. The van der Waals surface area contributed by atoms with Crippen LogP contribution in [0.25, 0.3) is 0 Å². The Hall–Kier alpha value is -4.12. The monoisotopic (exact) mass is 501 g/mol. The predicted molar refractivity (Wildman–Crippen MR) is 137 cm³/mol. The normalized spacial score (nSPS) is 16.9. The lowest BCUT2D eigenvalue weighted by Crippen LogP contribution is -2.46. The average molecular weight is 502 g/mol. The van der Waals surface area contributed by atoms with Crippen LogP contribution in [0.2, 0.25) is 0 Å². The summed E-state index contributed by atoms with van der Waals surface area (Å²) in [7, 11) is 1.23. The van der Waals surface area contributed by atoms with Crippen molar-refractivity contribution in [3.05, 3.63) is 71.8 Å². The van der Waals surface area contributed by atoms with Crippen molar-refractivity contribution in [2.45, 2.75) is 31.7 Å². The zero-order valence-electron chi connectivity index (χ0n) is 20.9. The largest absolute Gasteiger partial charge is 0.467 e. The quantitative estimate of drug-likeness (QED) is 0.501. The topological polar surface area (TPSA) is 96.0 Å².